The van der Waals surface area contributed by atoms with Crippen LogP contribution < -0.4 is 4.74 Å². The fourth-order valence-corrected chi connectivity index (χ4v) is 4.11. The molecular weight excluding hydrogens is 420 g/mol. The summed E-state index contributed by atoms with van der Waals surface area (Å²) >= 11 is 0. The maximum absolute atomic E-state index is 11.5. The van der Waals surface area contributed by atoms with Crippen LogP contribution in [0, 0.1) is 6.92 Å². The molecule has 0 saturated carbocycles. The fraction of sp³-hybridized carbons (Fsp3) is 0.222. The van der Waals surface area contributed by atoms with Gasteiger partial charge in [0.1, 0.15) is 17.3 Å². The lowest BCUT2D eigenvalue weighted by Crippen LogP contribution is -2.12. The van der Waals surface area contributed by atoms with E-state index in [4.69, 9.17) is 9.15 Å². The number of carbonyl (C=O) groups excluding carboxylic acids is 1. The number of aromatic hydroxyl groups is 2. The first-order valence-electron chi connectivity index (χ1n) is 10.7. The molecule has 0 aliphatic rings. The molecule has 4 rings (SSSR count). The van der Waals surface area contributed by atoms with E-state index in [1.54, 1.807) is 30.3 Å². The number of furan rings is 1. The Morgan fingerprint density at radius 2 is 1.55 bits per heavy atom. The number of benzene rings is 3. The third-order valence-corrected chi connectivity index (χ3v) is 5.83. The van der Waals surface area contributed by atoms with Crippen LogP contribution in [-0.2, 0) is 16.0 Å². The Hall–Kier alpha value is -3.93. The third-order valence-electron chi connectivity index (χ3n) is 5.83. The number of para-hydroxylation sites is 1. The van der Waals surface area contributed by atoms with Crippen molar-refractivity contribution in [1.29, 1.82) is 0 Å². The molecule has 0 fully saturated rings. The number of phenolic OH excluding ortho intramolecular Hbond substituents is 2. The number of fused-ring (bicyclic) bond motifs is 1. The van der Waals surface area contributed by atoms with E-state index in [-0.39, 0.29) is 24.0 Å². The van der Waals surface area contributed by atoms with Gasteiger partial charge in [-0.3, -0.25) is 0 Å². The number of ether oxygens (including phenoxy) is 2. The Morgan fingerprint density at radius 3 is 2.12 bits per heavy atom. The van der Waals surface area contributed by atoms with Crippen molar-refractivity contribution >= 4 is 16.9 Å². The molecule has 0 aliphatic heterocycles. The number of phenols is 2. The molecular formula is C27H26O6. The Kier molecular flexibility index (Phi) is 6.54. The molecule has 1 heterocycles. The van der Waals surface area contributed by atoms with Gasteiger partial charge < -0.3 is 24.1 Å². The summed E-state index contributed by atoms with van der Waals surface area (Å²) in [4.78, 5) is 11.5. The standard InChI is InChI=1S/C27H26O6/c1-17-22(24-4-3-5-25(27(24)33-17)32-16-26(30)31-2)14-15-23(18-6-10-20(28)11-7-18)19-8-12-21(29)13-9-19/h3-13,23,28-29H,14-16H2,1-2H3. The molecule has 0 unspecified atom stereocenters. The Morgan fingerprint density at radius 1 is 0.939 bits per heavy atom. The number of methoxy groups -OCH3 is 1. The van der Waals surface area contributed by atoms with E-state index in [9.17, 15) is 15.0 Å². The van der Waals surface area contributed by atoms with Crippen molar-refractivity contribution in [2.24, 2.45) is 0 Å². The molecule has 33 heavy (non-hydrogen) atoms. The number of rotatable bonds is 8. The quantitative estimate of drug-likeness (QED) is 0.349. The normalized spacial score (nSPS) is 11.1. The molecule has 0 spiro atoms. The molecule has 0 aliphatic carbocycles. The van der Waals surface area contributed by atoms with Crippen molar-refractivity contribution in [3.8, 4) is 17.2 Å². The third kappa shape index (κ3) is 4.95. The highest BCUT2D eigenvalue weighted by atomic mass is 16.6. The van der Waals surface area contributed by atoms with Gasteiger partial charge in [-0.05, 0) is 61.2 Å². The topological polar surface area (TPSA) is 89.1 Å². The first kappa shape index (κ1) is 22.3. The van der Waals surface area contributed by atoms with Crippen LogP contribution in [0.5, 0.6) is 17.2 Å². The van der Waals surface area contributed by atoms with Crippen LogP contribution in [-0.4, -0.2) is 29.9 Å². The smallest absolute Gasteiger partial charge is 0.343 e. The van der Waals surface area contributed by atoms with E-state index >= 15 is 0 Å². The lowest BCUT2D eigenvalue weighted by molar-refractivity contribution is -0.142. The number of hydrogen-bond acceptors (Lipinski definition) is 6. The summed E-state index contributed by atoms with van der Waals surface area (Å²) < 4.78 is 16.3. The lowest BCUT2D eigenvalue weighted by atomic mass is 9.86. The first-order chi connectivity index (χ1) is 16.0. The summed E-state index contributed by atoms with van der Waals surface area (Å²) in [6.45, 7) is 1.74. The lowest BCUT2D eigenvalue weighted by Gasteiger charge is -2.18. The number of aryl methyl sites for hydroxylation is 2. The molecule has 6 nitrogen and oxygen atoms in total. The van der Waals surface area contributed by atoms with Crippen LogP contribution in [0.1, 0.15) is 34.8 Å². The van der Waals surface area contributed by atoms with E-state index in [2.05, 4.69) is 4.74 Å². The molecule has 0 radical (unpaired) electrons. The summed E-state index contributed by atoms with van der Waals surface area (Å²) in [7, 11) is 1.32. The van der Waals surface area contributed by atoms with Gasteiger partial charge in [-0.1, -0.05) is 36.4 Å². The minimum Gasteiger partial charge on any atom is -0.508 e. The van der Waals surface area contributed by atoms with Crippen molar-refractivity contribution in [2.75, 3.05) is 13.7 Å². The Balaban J connectivity index is 1.63. The van der Waals surface area contributed by atoms with E-state index in [0.29, 0.717) is 11.3 Å². The highest BCUT2D eigenvalue weighted by Crippen LogP contribution is 2.36. The predicted molar refractivity (Wildman–Crippen MR) is 125 cm³/mol. The SMILES string of the molecule is COC(=O)COc1cccc2c(CCC(c3ccc(O)cc3)c3ccc(O)cc3)c(C)oc12. The second-order valence-corrected chi connectivity index (χ2v) is 7.91. The highest BCUT2D eigenvalue weighted by molar-refractivity contribution is 5.87. The zero-order chi connectivity index (χ0) is 23.4. The molecule has 4 aromatic rings. The average Bonchev–Trinajstić information content (AvgIpc) is 3.15. The second kappa shape index (κ2) is 9.69. The van der Waals surface area contributed by atoms with Gasteiger partial charge in [-0.25, -0.2) is 4.79 Å². The minimum absolute atomic E-state index is 0.0642. The number of esters is 1. The Labute approximate surface area is 192 Å². The van der Waals surface area contributed by atoms with Crippen LogP contribution in [0.4, 0.5) is 0 Å². The zero-order valence-electron chi connectivity index (χ0n) is 18.6. The van der Waals surface area contributed by atoms with Gasteiger partial charge in [0.2, 0.25) is 0 Å². The van der Waals surface area contributed by atoms with E-state index in [1.807, 2.05) is 43.3 Å². The molecule has 0 atom stereocenters. The van der Waals surface area contributed by atoms with Crippen molar-refractivity contribution in [2.45, 2.75) is 25.7 Å². The summed E-state index contributed by atoms with van der Waals surface area (Å²) in [5, 5.41) is 20.4. The van der Waals surface area contributed by atoms with Gasteiger partial charge >= 0.3 is 5.97 Å². The monoisotopic (exact) mass is 446 g/mol. The molecule has 0 saturated heterocycles. The van der Waals surface area contributed by atoms with Gasteiger partial charge in [0, 0.05) is 16.9 Å². The van der Waals surface area contributed by atoms with E-state index in [1.165, 1.54) is 7.11 Å². The van der Waals surface area contributed by atoms with Crippen molar-refractivity contribution in [1.82, 2.24) is 0 Å². The van der Waals surface area contributed by atoms with Crippen LogP contribution in [0.15, 0.2) is 71.1 Å². The molecule has 3 aromatic carbocycles. The van der Waals surface area contributed by atoms with Crippen molar-refractivity contribution in [3.63, 3.8) is 0 Å². The number of hydrogen-bond donors (Lipinski definition) is 2. The minimum atomic E-state index is -0.457. The number of carbonyl (C=O) groups is 1. The summed E-state index contributed by atoms with van der Waals surface area (Å²) in [6.07, 6.45) is 1.53. The van der Waals surface area contributed by atoms with Crippen LogP contribution in [0.25, 0.3) is 11.0 Å². The zero-order valence-corrected chi connectivity index (χ0v) is 18.6. The summed E-state index contributed by atoms with van der Waals surface area (Å²) in [5.41, 5.74) is 3.84. The maximum Gasteiger partial charge on any atom is 0.343 e. The van der Waals surface area contributed by atoms with E-state index < -0.39 is 5.97 Å². The van der Waals surface area contributed by atoms with Crippen LogP contribution in [0.3, 0.4) is 0 Å². The molecule has 1 aromatic heterocycles. The summed E-state index contributed by atoms with van der Waals surface area (Å²) in [6, 6.07) is 20.1. The van der Waals surface area contributed by atoms with E-state index in [0.717, 1.165) is 40.7 Å². The van der Waals surface area contributed by atoms with Crippen molar-refractivity contribution < 1.29 is 28.9 Å². The highest BCUT2D eigenvalue weighted by Gasteiger charge is 2.19. The summed E-state index contributed by atoms with van der Waals surface area (Å²) in [5.74, 6) is 1.35. The van der Waals surface area contributed by atoms with Gasteiger partial charge in [0.05, 0.1) is 7.11 Å². The van der Waals surface area contributed by atoms with Crippen LogP contribution in [0.2, 0.25) is 0 Å². The molecule has 0 amide bonds. The van der Waals surface area contributed by atoms with Gasteiger partial charge in [-0.15, -0.1) is 0 Å². The molecule has 6 heteroatoms. The van der Waals surface area contributed by atoms with Crippen molar-refractivity contribution in [3.05, 3.63) is 89.2 Å². The maximum atomic E-state index is 11.5. The molecule has 170 valence electrons. The van der Waals surface area contributed by atoms with Gasteiger partial charge in [0.25, 0.3) is 0 Å². The Bertz CT molecular complexity index is 1190. The average molecular weight is 446 g/mol. The largest absolute Gasteiger partial charge is 0.508 e. The van der Waals surface area contributed by atoms with Gasteiger partial charge in [-0.2, -0.15) is 0 Å². The van der Waals surface area contributed by atoms with Gasteiger partial charge in [0.15, 0.2) is 17.9 Å². The second-order valence-electron chi connectivity index (χ2n) is 7.91. The molecule has 0 bridgehead atoms. The predicted octanol–water partition coefficient (Wildman–Crippen LogP) is 5.47. The fourth-order valence-electron chi connectivity index (χ4n) is 4.11. The molecule has 2 N–H and O–H groups in total. The van der Waals surface area contributed by atoms with Crippen LogP contribution >= 0.6 is 0 Å². The first-order valence-corrected chi connectivity index (χ1v) is 10.7.